The highest BCUT2D eigenvalue weighted by molar-refractivity contribution is 14.1. The van der Waals surface area contributed by atoms with E-state index in [4.69, 9.17) is 38.4 Å². The van der Waals surface area contributed by atoms with E-state index in [2.05, 4.69) is 27.6 Å². The van der Waals surface area contributed by atoms with Crippen LogP contribution in [0.3, 0.4) is 0 Å². The number of nitrogens with zero attached hydrogens (tertiary/aromatic N) is 1. The van der Waals surface area contributed by atoms with Gasteiger partial charge in [-0.2, -0.15) is 4.99 Å². The Morgan fingerprint density at radius 2 is 2.00 bits per heavy atom. The van der Waals surface area contributed by atoms with Gasteiger partial charge in [0.15, 0.2) is 16.7 Å². The van der Waals surface area contributed by atoms with Gasteiger partial charge in [-0.1, -0.05) is 29.3 Å². The van der Waals surface area contributed by atoms with E-state index >= 15 is 0 Å². The number of thioether (sulfide) groups is 1. The highest BCUT2D eigenvalue weighted by Crippen LogP contribution is 2.37. The largest absolute Gasteiger partial charge is 0.490 e. The quantitative estimate of drug-likeness (QED) is 0.381. The molecule has 0 fully saturated rings. The molecule has 0 bridgehead atoms. The number of hydrogen-bond donors (Lipinski definition) is 1. The second kappa shape index (κ2) is 9.39. The summed E-state index contributed by atoms with van der Waals surface area (Å²) in [5.41, 5.74) is 7.29. The first-order valence-electron chi connectivity index (χ1n) is 8.18. The second-order valence-corrected chi connectivity index (χ2v) is 8.70. The van der Waals surface area contributed by atoms with Crippen molar-refractivity contribution < 1.29 is 14.3 Å². The van der Waals surface area contributed by atoms with Crippen LogP contribution in [-0.2, 0) is 11.4 Å². The second-order valence-electron chi connectivity index (χ2n) is 5.67. The maximum atomic E-state index is 11.8. The van der Waals surface area contributed by atoms with E-state index in [1.54, 1.807) is 18.2 Å². The van der Waals surface area contributed by atoms with Crippen LogP contribution in [0.4, 0.5) is 0 Å². The van der Waals surface area contributed by atoms with E-state index in [1.165, 1.54) is 0 Å². The molecule has 1 aliphatic rings. The lowest BCUT2D eigenvalue weighted by Crippen LogP contribution is -2.02. The highest BCUT2D eigenvalue weighted by atomic mass is 127. The average Bonchev–Trinajstić information content (AvgIpc) is 2.94. The van der Waals surface area contributed by atoms with Gasteiger partial charge < -0.3 is 15.2 Å². The molecule has 1 amide bonds. The minimum absolute atomic E-state index is 0.248. The summed E-state index contributed by atoms with van der Waals surface area (Å²) in [5, 5.41) is 1.22. The number of amidine groups is 1. The zero-order chi connectivity index (χ0) is 20.3. The van der Waals surface area contributed by atoms with Crippen molar-refractivity contribution in [2.45, 2.75) is 13.5 Å². The van der Waals surface area contributed by atoms with E-state index in [0.29, 0.717) is 39.7 Å². The first-order chi connectivity index (χ1) is 13.4. The van der Waals surface area contributed by atoms with Gasteiger partial charge >= 0.3 is 0 Å². The van der Waals surface area contributed by atoms with E-state index in [1.807, 2.05) is 25.1 Å². The maximum Gasteiger partial charge on any atom is 0.286 e. The number of halogens is 3. The number of aliphatic imine (C=N–C) groups is 1. The van der Waals surface area contributed by atoms with Crippen molar-refractivity contribution in [3.05, 3.63) is 60.0 Å². The predicted molar refractivity (Wildman–Crippen MR) is 123 cm³/mol. The summed E-state index contributed by atoms with van der Waals surface area (Å²) in [7, 11) is 0. The van der Waals surface area contributed by atoms with E-state index in [0.717, 1.165) is 26.5 Å². The molecule has 0 radical (unpaired) electrons. The minimum atomic E-state index is -0.338. The standard InChI is InChI=1S/C19H15Cl2IN2O3S/c1-2-26-15-7-11(8-16-18(25)24-19(23)28-16)6-14(22)17(15)27-9-10-3-4-12(20)13(21)5-10/h3-8H,2,9H2,1H3,(H2,23,24,25). The van der Waals surface area contributed by atoms with Crippen LogP contribution in [-0.4, -0.2) is 17.7 Å². The fourth-order valence-electron chi connectivity index (χ4n) is 2.44. The molecule has 2 N–H and O–H groups in total. The highest BCUT2D eigenvalue weighted by Gasteiger charge is 2.20. The SMILES string of the molecule is CCOc1cc(C=C2SC(N)=NC2=O)cc(I)c1OCc1ccc(Cl)c(Cl)c1. The third-order valence-corrected chi connectivity index (χ3v) is 5.99. The first kappa shape index (κ1) is 21.3. The number of benzene rings is 2. The molecular weight excluding hydrogens is 534 g/mol. The van der Waals surface area contributed by atoms with Gasteiger partial charge in [0.2, 0.25) is 0 Å². The van der Waals surface area contributed by atoms with Gasteiger partial charge in [-0.3, -0.25) is 4.79 Å². The number of carbonyl (C=O) groups excluding carboxylic acids is 1. The molecule has 1 heterocycles. The lowest BCUT2D eigenvalue weighted by Gasteiger charge is -2.15. The van der Waals surface area contributed by atoms with Gasteiger partial charge in [-0.15, -0.1) is 0 Å². The Labute approximate surface area is 190 Å². The Hall–Kier alpha value is -1.42. The molecule has 146 valence electrons. The molecule has 5 nitrogen and oxygen atoms in total. The summed E-state index contributed by atoms with van der Waals surface area (Å²) < 4.78 is 12.6. The molecule has 3 rings (SSSR count). The number of ether oxygens (including phenoxy) is 2. The topological polar surface area (TPSA) is 73.9 Å². The van der Waals surface area contributed by atoms with E-state index in [-0.39, 0.29) is 11.1 Å². The van der Waals surface area contributed by atoms with Gasteiger partial charge in [0, 0.05) is 0 Å². The number of amides is 1. The van der Waals surface area contributed by atoms with Gasteiger partial charge in [-0.25, -0.2) is 0 Å². The number of nitrogens with two attached hydrogens (primary N) is 1. The van der Waals surface area contributed by atoms with Crippen molar-refractivity contribution in [1.82, 2.24) is 0 Å². The fraction of sp³-hybridized carbons (Fsp3) is 0.158. The van der Waals surface area contributed by atoms with Crippen LogP contribution in [0, 0.1) is 3.57 Å². The molecule has 0 aromatic heterocycles. The molecule has 0 saturated heterocycles. The Morgan fingerprint density at radius 3 is 2.64 bits per heavy atom. The lowest BCUT2D eigenvalue weighted by molar-refractivity contribution is -0.113. The predicted octanol–water partition coefficient (Wildman–Crippen LogP) is 5.50. The molecule has 28 heavy (non-hydrogen) atoms. The maximum absolute atomic E-state index is 11.8. The third-order valence-electron chi connectivity index (χ3n) is 3.63. The number of hydrogen-bond acceptors (Lipinski definition) is 5. The fourth-order valence-corrected chi connectivity index (χ4v) is 4.22. The summed E-state index contributed by atoms with van der Waals surface area (Å²) >= 11 is 15.3. The van der Waals surface area contributed by atoms with Crippen LogP contribution in [0.25, 0.3) is 6.08 Å². The Balaban J connectivity index is 1.85. The van der Waals surface area contributed by atoms with Crippen molar-refractivity contribution in [2.24, 2.45) is 10.7 Å². The first-order valence-corrected chi connectivity index (χ1v) is 10.8. The van der Waals surface area contributed by atoms with Gasteiger partial charge in [0.25, 0.3) is 5.91 Å². The molecule has 0 unspecified atom stereocenters. The van der Waals surface area contributed by atoms with Crippen LogP contribution in [0.5, 0.6) is 11.5 Å². The lowest BCUT2D eigenvalue weighted by atomic mass is 10.2. The van der Waals surface area contributed by atoms with Crippen LogP contribution in [0.2, 0.25) is 10.0 Å². The van der Waals surface area contributed by atoms with Gasteiger partial charge in [-0.05, 0) is 82.7 Å². The summed E-state index contributed by atoms with van der Waals surface area (Å²) in [6.45, 7) is 2.68. The Bertz CT molecular complexity index is 995. The minimum Gasteiger partial charge on any atom is -0.490 e. The van der Waals surface area contributed by atoms with Crippen molar-refractivity contribution in [3.8, 4) is 11.5 Å². The molecule has 0 spiro atoms. The summed E-state index contributed by atoms with van der Waals surface area (Å²) in [6.07, 6.45) is 1.74. The van der Waals surface area contributed by atoms with Gasteiger partial charge in [0.1, 0.15) is 6.61 Å². The summed E-state index contributed by atoms with van der Waals surface area (Å²) in [5.74, 6) is 0.873. The van der Waals surface area contributed by atoms with Gasteiger partial charge in [0.05, 0.1) is 25.1 Å². The van der Waals surface area contributed by atoms with E-state index in [9.17, 15) is 4.79 Å². The Kier molecular flexibility index (Phi) is 7.14. The summed E-state index contributed by atoms with van der Waals surface area (Å²) in [6, 6.07) is 9.08. The van der Waals surface area contributed by atoms with Crippen molar-refractivity contribution in [3.63, 3.8) is 0 Å². The van der Waals surface area contributed by atoms with Crippen LogP contribution >= 0.6 is 57.6 Å². The molecule has 0 saturated carbocycles. The Morgan fingerprint density at radius 1 is 1.21 bits per heavy atom. The normalized spacial score (nSPS) is 15.1. The van der Waals surface area contributed by atoms with Crippen molar-refractivity contribution in [2.75, 3.05) is 6.61 Å². The monoisotopic (exact) mass is 548 g/mol. The van der Waals surface area contributed by atoms with Crippen LogP contribution in [0.15, 0.2) is 40.2 Å². The molecule has 2 aromatic rings. The molecule has 0 aliphatic carbocycles. The zero-order valence-electron chi connectivity index (χ0n) is 14.7. The van der Waals surface area contributed by atoms with Crippen molar-refractivity contribution in [1.29, 1.82) is 0 Å². The molecule has 0 atom stereocenters. The smallest absolute Gasteiger partial charge is 0.286 e. The molecule has 9 heteroatoms. The average molecular weight is 549 g/mol. The van der Waals surface area contributed by atoms with Crippen LogP contribution in [0.1, 0.15) is 18.1 Å². The van der Waals surface area contributed by atoms with Crippen LogP contribution < -0.4 is 15.2 Å². The molecule has 1 aliphatic heterocycles. The molecule has 2 aromatic carbocycles. The van der Waals surface area contributed by atoms with Crippen molar-refractivity contribution >= 4 is 74.7 Å². The van der Waals surface area contributed by atoms with E-state index < -0.39 is 0 Å². The zero-order valence-corrected chi connectivity index (χ0v) is 19.2. The number of rotatable bonds is 6. The number of carbonyl (C=O) groups is 1. The summed E-state index contributed by atoms with van der Waals surface area (Å²) in [4.78, 5) is 16.0. The molecular formula is C19H15Cl2IN2O3S. The third kappa shape index (κ3) is 5.14.